The van der Waals surface area contributed by atoms with Crippen molar-refractivity contribution >= 4 is 5.69 Å². The van der Waals surface area contributed by atoms with E-state index in [9.17, 15) is 13.2 Å². The van der Waals surface area contributed by atoms with Crippen molar-refractivity contribution in [2.45, 2.75) is 25.3 Å². The number of benzene rings is 1. The van der Waals surface area contributed by atoms with Crippen molar-refractivity contribution in [3.8, 4) is 0 Å². The fourth-order valence-corrected chi connectivity index (χ4v) is 2.81. The average molecular weight is 287 g/mol. The third-order valence-corrected chi connectivity index (χ3v) is 3.80. The number of nitrogens with zero attached hydrogens (tertiary/aromatic N) is 1. The standard InChI is InChI=1S/C14H16F3NO2/c1-13(19-6-7-20-13)11-2-3-12-10(8-11)4-5-18(12)9-14(15,16)17/h2-3,8H,4-7,9H2,1H3. The summed E-state index contributed by atoms with van der Waals surface area (Å²) in [5.41, 5.74) is 2.45. The van der Waals surface area contributed by atoms with Crippen molar-refractivity contribution in [3.05, 3.63) is 29.3 Å². The lowest BCUT2D eigenvalue weighted by atomic mass is 10.0. The first-order chi connectivity index (χ1) is 9.37. The number of rotatable bonds is 2. The number of hydrogen-bond donors (Lipinski definition) is 0. The highest BCUT2D eigenvalue weighted by Crippen LogP contribution is 2.37. The smallest absolute Gasteiger partial charge is 0.362 e. The van der Waals surface area contributed by atoms with Crippen LogP contribution in [0.5, 0.6) is 0 Å². The summed E-state index contributed by atoms with van der Waals surface area (Å²) in [6.45, 7) is 2.41. The van der Waals surface area contributed by atoms with Gasteiger partial charge in [0.15, 0.2) is 5.79 Å². The van der Waals surface area contributed by atoms with E-state index in [2.05, 4.69) is 0 Å². The van der Waals surface area contributed by atoms with Crippen LogP contribution < -0.4 is 4.90 Å². The monoisotopic (exact) mass is 287 g/mol. The topological polar surface area (TPSA) is 21.7 Å². The van der Waals surface area contributed by atoms with Gasteiger partial charge >= 0.3 is 6.18 Å². The maximum atomic E-state index is 12.5. The van der Waals surface area contributed by atoms with Crippen molar-refractivity contribution < 1.29 is 22.6 Å². The minimum atomic E-state index is -4.18. The lowest BCUT2D eigenvalue weighted by molar-refractivity contribution is -0.149. The van der Waals surface area contributed by atoms with Gasteiger partial charge in [-0.2, -0.15) is 13.2 Å². The Hall–Kier alpha value is -1.27. The quantitative estimate of drug-likeness (QED) is 0.835. The molecule has 1 saturated heterocycles. The van der Waals surface area contributed by atoms with Gasteiger partial charge in [-0.15, -0.1) is 0 Å². The number of ether oxygens (including phenoxy) is 2. The zero-order valence-corrected chi connectivity index (χ0v) is 11.2. The van der Waals surface area contributed by atoms with E-state index < -0.39 is 18.5 Å². The van der Waals surface area contributed by atoms with E-state index in [1.807, 2.05) is 13.0 Å². The molecule has 2 aliphatic heterocycles. The van der Waals surface area contributed by atoms with E-state index in [1.165, 1.54) is 4.90 Å². The van der Waals surface area contributed by atoms with Crippen molar-refractivity contribution in [1.29, 1.82) is 0 Å². The summed E-state index contributed by atoms with van der Waals surface area (Å²) < 4.78 is 48.7. The SMILES string of the molecule is CC1(c2ccc3c(c2)CCN3CC(F)(F)F)OCCO1. The van der Waals surface area contributed by atoms with E-state index >= 15 is 0 Å². The molecule has 20 heavy (non-hydrogen) atoms. The van der Waals surface area contributed by atoms with Crippen molar-refractivity contribution in [2.24, 2.45) is 0 Å². The predicted octanol–water partition coefficient (Wildman–Crippen LogP) is 2.83. The van der Waals surface area contributed by atoms with Crippen LogP contribution in [0.2, 0.25) is 0 Å². The molecular weight excluding hydrogens is 271 g/mol. The van der Waals surface area contributed by atoms with Gasteiger partial charge in [-0.1, -0.05) is 6.07 Å². The lowest BCUT2D eigenvalue weighted by Gasteiger charge is -2.25. The third-order valence-electron chi connectivity index (χ3n) is 3.80. The molecule has 0 saturated carbocycles. The van der Waals surface area contributed by atoms with Crippen LogP contribution in [0.3, 0.4) is 0 Å². The Morgan fingerprint density at radius 2 is 1.95 bits per heavy atom. The van der Waals surface area contributed by atoms with Gasteiger partial charge in [0.25, 0.3) is 0 Å². The van der Waals surface area contributed by atoms with Gasteiger partial charge < -0.3 is 14.4 Å². The van der Waals surface area contributed by atoms with Gasteiger partial charge in [0.1, 0.15) is 6.54 Å². The van der Waals surface area contributed by atoms with Crippen LogP contribution in [0.1, 0.15) is 18.1 Å². The van der Waals surface area contributed by atoms with Crippen LogP contribution in [-0.2, 0) is 21.7 Å². The van der Waals surface area contributed by atoms with Gasteiger partial charge in [-0.25, -0.2) is 0 Å². The molecule has 2 aliphatic rings. The predicted molar refractivity (Wildman–Crippen MR) is 67.7 cm³/mol. The van der Waals surface area contributed by atoms with E-state index in [4.69, 9.17) is 9.47 Å². The van der Waals surface area contributed by atoms with Gasteiger partial charge in [0.2, 0.25) is 0 Å². The first kappa shape index (κ1) is 13.7. The van der Waals surface area contributed by atoms with Crippen molar-refractivity contribution in [1.82, 2.24) is 0 Å². The molecule has 0 unspecified atom stereocenters. The molecule has 0 radical (unpaired) electrons. The molecule has 0 N–H and O–H groups in total. The van der Waals surface area contributed by atoms with Gasteiger partial charge in [-0.3, -0.25) is 0 Å². The summed E-state index contributed by atoms with van der Waals surface area (Å²) in [5.74, 6) is -0.771. The first-order valence-corrected chi connectivity index (χ1v) is 6.60. The fraction of sp³-hybridized carbons (Fsp3) is 0.571. The molecule has 1 aromatic rings. The molecule has 0 atom stereocenters. The van der Waals surface area contributed by atoms with E-state index in [0.717, 1.165) is 11.1 Å². The van der Waals surface area contributed by atoms with Crippen LogP contribution >= 0.6 is 0 Å². The molecule has 0 aromatic heterocycles. The highest BCUT2D eigenvalue weighted by Gasteiger charge is 2.36. The Balaban J connectivity index is 1.85. The Morgan fingerprint density at radius 3 is 2.60 bits per heavy atom. The Labute approximate surface area is 115 Å². The molecule has 3 nitrogen and oxygen atoms in total. The zero-order chi connectivity index (χ0) is 14.4. The number of alkyl halides is 3. The molecule has 0 aliphatic carbocycles. The van der Waals surface area contributed by atoms with Crippen LogP contribution in [0, 0.1) is 0 Å². The Kier molecular flexibility index (Phi) is 3.17. The van der Waals surface area contributed by atoms with E-state index in [-0.39, 0.29) is 0 Å². The van der Waals surface area contributed by atoms with Gasteiger partial charge in [0.05, 0.1) is 13.2 Å². The normalized spacial score (nSPS) is 21.3. The summed E-state index contributed by atoms with van der Waals surface area (Å²) in [7, 11) is 0. The van der Waals surface area contributed by atoms with Gasteiger partial charge in [-0.05, 0) is 31.0 Å². The number of anilines is 1. The molecular formula is C14H16F3NO2. The minimum absolute atomic E-state index is 0.400. The Bertz CT molecular complexity index is 510. The highest BCUT2D eigenvalue weighted by atomic mass is 19.4. The largest absolute Gasteiger partial charge is 0.405 e. The lowest BCUT2D eigenvalue weighted by Crippen LogP contribution is -2.32. The molecule has 1 aromatic carbocycles. The van der Waals surface area contributed by atoms with Crippen LogP contribution in [0.4, 0.5) is 18.9 Å². The van der Waals surface area contributed by atoms with Gasteiger partial charge in [0, 0.05) is 17.8 Å². The van der Waals surface area contributed by atoms with Crippen molar-refractivity contribution in [2.75, 3.05) is 31.2 Å². The number of hydrogen-bond acceptors (Lipinski definition) is 3. The molecule has 110 valence electrons. The third kappa shape index (κ3) is 2.50. The minimum Gasteiger partial charge on any atom is -0.362 e. The summed E-state index contributed by atoms with van der Waals surface area (Å²) in [6.07, 6.45) is -3.56. The van der Waals surface area contributed by atoms with Crippen LogP contribution in [0.25, 0.3) is 0 Å². The molecule has 6 heteroatoms. The number of fused-ring (bicyclic) bond motifs is 1. The number of halogens is 3. The molecule has 0 bridgehead atoms. The van der Waals surface area contributed by atoms with E-state index in [0.29, 0.717) is 31.9 Å². The summed E-state index contributed by atoms with van der Waals surface area (Å²) in [6, 6.07) is 5.43. The zero-order valence-electron chi connectivity index (χ0n) is 11.2. The maximum absolute atomic E-state index is 12.5. The summed E-state index contributed by atoms with van der Waals surface area (Å²) in [5, 5.41) is 0. The second-order valence-electron chi connectivity index (χ2n) is 5.27. The summed E-state index contributed by atoms with van der Waals surface area (Å²) in [4.78, 5) is 1.37. The van der Waals surface area contributed by atoms with Crippen molar-refractivity contribution in [3.63, 3.8) is 0 Å². The second kappa shape index (κ2) is 4.63. The molecule has 3 rings (SSSR count). The second-order valence-corrected chi connectivity index (χ2v) is 5.27. The van der Waals surface area contributed by atoms with Crippen LogP contribution in [-0.4, -0.2) is 32.5 Å². The molecule has 1 fully saturated rings. The first-order valence-electron chi connectivity index (χ1n) is 6.60. The molecule has 0 amide bonds. The molecule has 2 heterocycles. The highest BCUT2D eigenvalue weighted by molar-refractivity contribution is 5.59. The van der Waals surface area contributed by atoms with E-state index in [1.54, 1.807) is 12.1 Å². The summed E-state index contributed by atoms with van der Waals surface area (Å²) >= 11 is 0. The maximum Gasteiger partial charge on any atom is 0.405 e. The average Bonchev–Trinajstić information content (AvgIpc) is 2.95. The molecule has 0 spiro atoms. The fourth-order valence-electron chi connectivity index (χ4n) is 2.81. The van der Waals surface area contributed by atoms with Crippen LogP contribution in [0.15, 0.2) is 18.2 Å². The Morgan fingerprint density at radius 1 is 1.25 bits per heavy atom.